The lowest BCUT2D eigenvalue weighted by Crippen LogP contribution is -2.35. The molecule has 0 amide bonds. The lowest BCUT2D eigenvalue weighted by Gasteiger charge is -2.35. The first-order valence-corrected chi connectivity index (χ1v) is 6.79. The Morgan fingerprint density at radius 2 is 1.88 bits per heavy atom. The smallest absolute Gasteiger partial charge is 0.0576 e. The summed E-state index contributed by atoms with van der Waals surface area (Å²) in [7, 11) is 0. The van der Waals surface area contributed by atoms with E-state index in [9.17, 15) is 0 Å². The van der Waals surface area contributed by atoms with Crippen molar-refractivity contribution >= 4 is 11.4 Å². The monoisotopic (exact) mass is 232 g/mol. The number of nitrogen functional groups attached to an aromatic ring is 1. The Bertz CT molecular complexity index is 360. The van der Waals surface area contributed by atoms with Crippen LogP contribution in [0.15, 0.2) is 24.3 Å². The molecule has 2 nitrogen and oxygen atoms in total. The molecular weight excluding hydrogens is 208 g/mol. The first-order chi connectivity index (χ1) is 8.18. The van der Waals surface area contributed by atoms with Crippen LogP contribution in [0.1, 0.15) is 39.5 Å². The number of nitrogens with two attached hydrogens (primary N) is 1. The highest BCUT2D eigenvalue weighted by molar-refractivity contribution is 5.66. The van der Waals surface area contributed by atoms with Gasteiger partial charge < -0.3 is 11.1 Å². The third-order valence-electron chi connectivity index (χ3n) is 3.98. The van der Waals surface area contributed by atoms with Gasteiger partial charge in [0.1, 0.15) is 0 Å². The summed E-state index contributed by atoms with van der Waals surface area (Å²) in [4.78, 5) is 0. The lowest BCUT2D eigenvalue weighted by atomic mass is 9.78. The largest absolute Gasteiger partial charge is 0.397 e. The fourth-order valence-electron chi connectivity index (χ4n) is 2.96. The molecule has 1 fully saturated rings. The maximum Gasteiger partial charge on any atom is 0.0576 e. The molecule has 0 radical (unpaired) electrons. The summed E-state index contributed by atoms with van der Waals surface area (Å²) < 4.78 is 0. The third-order valence-corrected chi connectivity index (χ3v) is 3.98. The number of anilines is 2. The maximum absolute atomic E-state index is 6.00. The molecule has 94 valence electrons. The summed E-state index contributed by atoms with van der Waals surface area (Å²) in [5, 5.41) is 3.66. The van der Waals surface area contributed by atoms with E-state index in [4.69, 9.17) is 5.73 Å². The van der Waals surface area contributed by atoms with Crippen LogP contribution in [0.2, 0.25) is 0 Å². The quantitative estimate of drug-likeness (QED) is 0.776. The average Bonchev–Trinajstić information content (AvgIpc) is 2.32. The Morgan fingerprint density at radius 1 is 1.18 bits per heavy atom. The Labute approximate surface area is 105 Å². The zero-order valence-corrected chi connectivity index (χ0v) is 10.9. The van der Waals surface area contributed by atoms with Crippen LogP contribution in [0.25, 0.3) is 0 Å². The van der Waals surface area contributed by atoms with Gasteiger partial charge in [-0.05, 0) is 36.8 Å². The van der Waals surface area contributed by atoms with Crippen molar-refractivity contribution in [3.8, 4) is 0 Å². The van der Waals surface area contributed by atoms with Gasteiger partial charge in [-0.15, -0.1) is 0 Å². The van der Waals surface area contributed by atoms with Crippen molar-refractivity contribution in [2.24, 2.45) is 11.8 Å². The van der Waals surface area contributed by atoms with E-state index in [1.165, 1.54) is 25.7 Å². The van der Waals surface area contributed by atoms with E-state index in [0.29, 0.717) is 6.04 Å². The normalized spacial score (nSPS) is 24.9. The predicted octanol–water partition coefficient (Wildman–Crippen LogP) is 3.90. The molecule has 2 rings (SSSR count). The van der Waals surface area contributed by atoms with Gasteiger partial charge in [-0.25, -0.2) is 0 Å². The minimum Gasteiger partial charge on any atom is -0.397 e. The molecule has 1 aliphatic rings. The molecular formula is C15H24N2. The highest BCUT2D eigenvalue weighted by atomic mass is 14.9. The van der Waals surface area contributed by atoms with Crippen molar-refractivity contribution in [3.63, 3.8) is 0 Å². The molecule has 0 aliphatic heterocycles. The van der Waals surface area contributed by atoms with Crippen LogP contribution in [0.4, 0.5) is 11.4 Å². The van der Waals surface area contributed by atoms with Crippen molar-refractivity contribution in [3.05, 3.63) is 24.3 Å². The van der Waals surface area contributed by atoms with Crippen molar-refractivity contribution in [2.45, 2.75) is 45.6 Å². The number of para-hydroxylation sites is 2. The highest BCUT2D eigenvalue weighted by Gasteiger charge is 2.27. The first kappa shape index (κ1) is 12.3. The van der Waals surface area contributed by atoms with Crippen LogP contribution in [0.3, 0.4) is 0 Å². The second-order valence-corrected chi connectivity index (χ2v) is 5.53. The van der Waals surface area contributed by atoms with E-state index in [1.54, 1.807) is 0 Å². The molecule has 1 saturated carbocycles. The van der Waals surface area contributed by atoms with E-state index in [2.05, 4.69) is 25.2 Å². The third kappa shape index (κ3) is 2.93. The molecule has 0 spiro atoms. The summed E-state index contributed by atoms with van der Waals surface area (Å²) in [6.45, 7) is 4.66. The van der Waals surface area contributed by atoms with Gasteiger partial charge in [0.25, 0.3) is 0 Å². The lowest BCUT2D eigenvalue weighted by molar-refractivity contribution is 0.254. The van der Waals surface area contributed by atoms with Gasteiger partial charge in [-0.2, -0.15) is 0 Å². The van der Waals surface area contributed by atoms with E-state index in [0.717, 1.165) is 23.2 Å². The van der Waals surface area contributed by atoms with E-state index < -0.39 is 0 Å². The fraction of sp³-hybridized carbons (Fsp3) is 0.600. The number of nitrogens with one attached hydrogen (secondary N) is 1. The second-order valence-electron chi connectivity index (χ2n) is 5.53. The van der Waals surface area contributed by atoms with Crippen LogP contribution in [0, 0.1) is 11.8 Å². The summed E-state index contributed by atoms with van der Waals surface area (Å²) in [5.41, 5.74) is 7.96. The van der Waals surface area contributed by atoms with Crippen LogP contribution in [-0.2, 0) is 0 Å². The number of benzene rings is 1. The van der Waals surface area contributed by atoms with Gasteiger partial charge >= 0.3 is 0 Å². The topological polar surface area (TPSA) is 38.0 Å². The minimum atomic E-state index is 0.591. The molecule has 0 heterocycles. The van der Waals surface area contributed by atoms with E-state index in [1.807, 2.05) is 18.2 Å². The molecule has 1 aromatic rings. The van der Waals surface area contributed by atoms with Crippen molar-refractivity contribution < 1.29 is 0 Å². The summed E-state index contributed by atoms with van der Waals surface area (Å²) in [5.74, 6) is 1.53. The Balaban J connectivity index is 2.08. The van der Waals surface area contributed by atoms with Crippen LogP contribution in [0.5, 0.6) is 0 Å². The molecule has 0 bridgehead atoms. The molecule has 0 aromatic heterocycles. The van der Waals surface area contributed by atoms with E-state index >= 15 is 0 Å². The maximum atomic E-state index is 6.00. The van der Waals surface area contributed by atoms with Gasteiger partial charge in [0, 0.05) is 6.04 Å². The van der Waals surface area contributed by atoms with Gasteiger partial charge in [-0.3, -0.25) is 0 Å². The van der Waals surface area contributed by atoms with Crippen LogP contribution in [-0.4, -0.2) is 6.04 Å². The SMILES string of the molecule is CC(C)C1CCCCC1Nc1ccccc1N. The summed E-state index contributed by atoms with van der Waals surface area (Å²) >= 11 is 0. The van der Waals surface area contributed by atoms with Crippen LogP contribution >= 0.6 is 0 Å². The molecule has 1 aliphatic carbocycles. The van der Waals surface area contributed by atoms with E-state index in [-0.39, 0.29) is 0 Å². The number of rotatable bonds is 3. The summed E-state index contributed by atoms with van der Waals surface area (Å²) in [6, 6.07) is 8.68. The fourth-order valence-corrected chi connectivity index (χ4v) is 2.96. The van der Waals surface area contributed by atoms with Gasteiger partial charge in [0.15, 0.2) is 0 Å². The molecule has 3 N–H and O–H groups in total. The molecule has 1 aromatic carbocycles. The predicted molar refractivity (Wildman–Crippen MR) is 75.1 cm³/mol. The number of hydrogen-bond acceptors (Lipinski definition) is 2. The Kier molecular flexibility index (Phi) is 3.93. The number of hydrogen-bond donors (Lipinski definition) is 2. The second kappa shape index (κ2) is 5.44. The van der Waals surface area contributed by atoms with Crippen molar-refractivity contribution in [1.82, 2.24) is 0 Å². The molecule has 2 heteroatoms. The standard InChI is InChI=1S/C15H24N2/c1-11(2)12-7-3-5-9-14(12)17-15-10-6-4-8-13(15)16/h4,6,8,10-12,14,17H,3,5,7,9,16H2,1-2H3. The first-order valence-electron chi connectivity index (χ1n) is 6.79. The molecule has 2 atom stereocenters. The van der Waals surface area contributed by atoms with Gasteiger partial charge in [0.05, 0.1) is 11.4 Å². The molecule has 2 unspecified atom stereocenters. The zero-order chi connectivity index (χ0) is 12.3. The average molecular weight is 232 g/mol. The molecule has 0 saturated heterocycles. The molecule has 17 heavy (non-hydrogen) atoms. The summed E-state index contributed by atoms with van der Waals surface area (Å²) in [6.07, 6.45) is 5.35. The van der Waals surface area contributed by atoms with Crippen molar-refractivity contribution in [1.29, 1.82) is 0 Å². The van der Waals surface area contributed by atoms with Gasteiger partial charge in [0.2, 0.25) is 0 Å². The zero-order valence-electron chi connectivity index (χ0n) is 10.9. The Hall–Kier alpha value is -1.18. The van der Waals surface area contributed by atoms with Crippen molar-refractivity contribution in [2.75, 3.05) is 11.1 Å². The Morgan fingerprint density at radius 3 is 2.59 bits per heavy atom. The van der Waals surface area contributed by atoms with Gasteiger partial charge in [-0.1, -0.05) is 38.8 Å². The van der Waals surface area contributed by atoms with Crippen LogP contribution < -0.4 is 11.1 Å². The highest BCUT2D eigenvalue weighted by Crippen LogP contribution is 2.33. The minimum absolute atomic E-state index is 0.591.